The van der Waals surface area contributed by atoms with Crippen LogP contribution in [0.3, 0.4) is 0 Å². The first-order chi connectivity index (χ1) is 24.0. The molecule has 0 bridgehead atoms. The number of thioether (sulfide) groups is 1. The number of benzene rings is 4. The summed E-state index contributed by atoms with van der Waals surface area (Å²) >= 11 is 4.36. The molecule has 4 aromatic carbocycles. The largest absolute Gasteiger partial charge is 0.489 e. The molecular weight excluding hydrogens is 673 g/mol. The Morgan fingerprint density at radius 2 is 1.51 bits per heavy atom. The third-order valence-corrected chi connectivity index (χ3v) is 9.64. The SMILES string of the molecule is O=C(CSc1ccc(NC(=O)/C(=C/c2ccc(OCc3ccccc3)cc2)NC(=O)c2ccccc2)cc1)Nc1nc(-c2cccs2)cs1. The van der Waals surface area contributed by atoms with E-state index in [1.54, 1.807) is 53.8 Å². The van der Waals surface area contributed by atoms with Crippen molar-refractivity contribution in [2.24, 2.45) is 0 Å². The van der Waals surface area contributed by atoms with Crippen LogP contribution in [0.15, 0.2) is 143 Å². The predicted octanol–water partition coefficient (Wildman–Crippen LogP) is 8.59. The van der Waals surface area contributed by atoms with Gasteiger partial charge in [0.15, 0.2) is 5.13 Å². The molecule has 3 amide bonds. The van der Waals surface area contributed by atoms with Crippen LogP contribution in [0.1, 0.15) is 21.5 Å². The van der Waals surface area contributed by atoms with E-state index in [-0.39, 0.29) is 17.4 Å². The van der Waals surface area contributed by atoms with Gasteiger partial charge in [-0.05, 0) is 77.2 Å². The highest BCUT2D eigenvalue weighted by atomic mass is 32.2. The lowest BCUT2D eigenvalue weighted by molar-refractivity contribution is -0.114. The Morgan fingerprint density at radius 1 is 0.776 bits per heavy atom. The lowest BCUT2D eigenvalue weighted by atomic mass is 10.1. The summed E-state index contributed by atoms with van der Waals surface area (Å²) in [5, 5.41) is 13.0. The molecule has 11 heteroatoms. The average molecular weight is 703 g/mol. The number of nitrogens with zero attached hydrogens (tertiary/aromatic N) is 1. The van der Waals surface area contributed by atoms with E-state index < -0.39 is 11.8 Å². The van der Waals surface area contributed by atoms with Gasteiger partial charge >= 0.3 is 0 Å². The molecule has 8 nitrogen and oxygen atoms in total. The second-order valence-electron chi connectivity index (χ2n) is 10.6. The molecule has 0 saturated carbocycles. The summed E-state index contributed by atoms with van der Waals surface area (Å²) < 4.78 is 5.89. The Labute approximate surface area is 295 Å². The van der Waals surface area contributed by atoms with E-state index in [4.69, 9.17) is 4.74 Å². The van der Waals surface area contributed by atoms with Gasteiger partial charge in [0, 0.05) is 21.5 Å². The van der Waals surface area contributed by atoms with Crippen LogP contribution in [0.4, 0.5) is 10.8 Å². The Balaban J connectivity index is 1.07. The van der Waals surface area contributed by atoms with E-state index >= 15 is 0 Å². The van der Waals surface area contributed by atoms with Gasteiger partial charge in [0.2, 0.25) is 5.91 Å². The van der Waals surface area contributed by atoms with Gasteiger partial charge in [-0.1, -0.05) is 66.7 Å². The minimum atomic E-state index is -0.487. The van der Waals surface area contributed by atoms with E-state index in [1.165, 1.54) is 23.1 Å². The van der Waals surface area contributed by atoms with Gasteiger partial charge in [-0.3, -0.25) is 14.4 Å². The average Bonchev–Trinajstić information content (AvgIpc) is 3.85. The minimum absolute atomic E-state index is 0.0753. The molecule has 244 valence electrons. The van der Waals surface area contributed by atoms with Crippen LogP contribution in [0.2, 0.25) is 0 Å². The monoisotopic (exact) mass is 702 g/mol. The molecule has 2 aromatic heterocycles. The maximum Gasteiger partial charge on any atom is 0.272 e. The zero-order chi connectivity index (χ0) is 33.8. The van der Waals surface area contributed by atoms with E-state index in [0.29, 0.717) is 34.3 Å². The highest BCUT2D eigenvalue weighted by Gasteiger charge is 2.16. The van der Waals surface area contributed by atoms with Crippen LogP contribution in [0.5, 0.6) is 5.75 Å². The number of ether oxygens (including phenoxy) is 1. The summed E-state index contributed by atoms with van der Waals surface area (Å²) in [4.78, 5) is 45.5. The van der Waals surface area contributed by atoms with Crippen LogP contribution in [0.25, 0.3) is 16.6 Å². The van der Waals surface area contributed by atoms with Crippen LogP contribution in [-0.4, -0.2) is 28.5 Å². The number of aromatic nitrogens is 1. The molecule has 6 aromatic rings. The highest BCUT2D eigenvalue weighted by molar-refractivity contribution is 8.00. The van der Waals surface area contributed by atoms with Crippen molar-refractivity contribution in [3.63, 3.8) is 0 Å². The molecule has 0 fully saturated rings. The molecule has 2 heterocycles. The first-order valence-electron chi connectivity index (χ1n) is 15.2. The van der Waals surface area contributed by atoms with Crippen LogP contribution in [0, 0.1) is 0 Å². The number of nitrogens with one attached hydrogen (secondary N) is 3. The first kappa shape index (κ1) is 33.4. The number of hydrogen-bond donors (Lipinski definition) is 3. The standard InChI is InChI=1S/C38H30N4O4S3/c43-35(42-38-41-33(24-49-38)34-12-7-21-47-34)25-48-31-19-15-29(16-20-31)39-37(45)32(40-36(44)28-10-5-2-6-11-28)22-26-13-17-30(18-14-26)46-23-27-8-3-1-4-9-27/h1-22,24H,23,25H2,(H,39,45)(H,40,44)(H,41,42,43)/b32-22-. The Kier molecular flexibility index (Phi) is 11.3. The molecule has 49 heavy (non-hydrogen) atoms. The maximum absolute atomic E-state index is 13.5. The number of amides is 3. The number of rotatable bonds is 13. The van der Waals surface area contributed by atoms with Crippen molar-refractivity contribution < 1.29 is 19.1 Å². The van der Waals surface area contributed by atoms with Crippen LogP contribution < -0.4 is 20.7 Å². The van der Waals surface area contributed by atoms with Crippen molar-refractivity contribution in [3.8, 4) is 16.3 Å². The maximum atomic E-state index is 13.5. The van der Waals surface area contributed by atoms with E-state index in [0.717, 1.165) is 21.0 Å². The van der Waals surface area contributed by atoms with Crippen LogP contribution >= 0.6 is 34.4 Å². The summed E-state index contributed by atoms with van der Waals surface area (Å²) in [5.74, 6) is -0.167. The summed E-state index contributed by atoms with van der Waals surface area (Å²) in [6.07, 6.45) is 1.62. The van der Waals surface area contributed by atoms with Crippen molar-refractivity contribution in [2.45, 2.75) is 11.5 Å². The molecule has 0 spiro atoms. The third-order valence-electron chi connectivity index (χ3n) is 6.97. The van der Waals surface area contributed by atoms with Crippen molar-refractivity contribution in [1.29, 1.82) is 0 Å². The van der Waals surface area contributed by atoms with E-state index in [9.17, 15) is 14.4 Å². The fourth-order valence-corrected chi connectivity index (χ4v) is 6.70. The topological polar surface area (TPSA) is 109 Å². The predicted molar refractivity (Wildman–Crippen MR) is 199 cm³/mol. The number of carbonyl (C=O) groups is 3. The summed E-state index contributed by atoms with van der Waals surface area (Å²) in [5.41, 5.74) is 3.64. The Hall–Kier alpha value is -5.49. The van der Waals surface area contributed by atoms with Gasteiger partial charge < -0.3 is 20.7 Å². The number of thiazole rings is 1. The zero-order valence-corrected chi connectivity index (χ0v) is 28.4. The molecular formula is C38H30N4O4S3. The van der Waals surface area contributed by atoms with Crippen LogP contribution in [-0.2, 0) is 16.2 Å². The smallest absolute Gasteiger partial charge is 0.272 e. The van der Waals surface area contributed by atoms with Gasteiger partial charge in [0.05, 0.1) is 16.3 Å². The molecule has 6 rings (SSSR count). The van der Waals surface area contributed by atoms with Gasteiger partial charge in [-0.15, -0.1) is 34.4 Å². The van der Waals surface area contributed by atoms with Crippen molar-refractivity contribution in [1.82, 2.24) is 10.3 Å². The molecule has 0 radical (unpaired) electrons. The second kappa shape index (κ2) is 16.6. The summed E-state index contributed by atoms with van der Waals surface area (Å²) in [7, 11) is 0. The lowest BCUT2D eigenvalue weighted by Crippen LogP contribution is -2.30. The van der Waals surface area contributed by atoms with Gasteiger partial charge in [-0.25, -0.2) is 4.98 Å². The molecule has 0 aliphatic rings. The fraction of sp³-hybridized carbons (Fsp3) is 0.0526. The third kappa shape index (κ3) is 9.77. The van der Waals surface area contributed by atoms with E-state index in [1.807, 2.05) is 95.7 Å². The van der Waals surface area contributed by atoms with Gasteiger partial charge in [0.25, 0.3) is 11.8 Å². The number of hydrogen-bond acceptors (Lipinski definition) is 8. The molecule has 0 saturated heterocycles. The first-order valence-corrected chi connectivity index (χ1v) is 17.9. The lowest BCUT2D eigenvalue weighted by Gasteiger charge is -2.12. The molecule has 3 N–H and O–H groups in total. The Morgan fingerprint density at radius 3 is 2.22 bits per heavy atom. The summed E-state index contributed by atoms with van der Waals surface area (Å²) in [6.45, 7) is 0.436. The number of carbonyl (C=O) groups excluding carboxylic acids is 3. The quantitative estimate of drug-likeness (QED) is 0.0822. The van der Waals surface area contributed by atoms with Crippen molar-refractivity contribution in [2.75, 3.05) is 16.4 Å². The number of anilines is 2. The Bertz CT molecular complexity index is 2030. The van der Waals surface area contributed by atoms with E-state index in [2.05, 4.69) is 20.9 Å². The molecule has 0 unspecified atom stereocenters. The minimum Gasteiger partial charge on any atom is -0.489 e. The van der Waals surface area contributed by atoms with Crippen molar-refractivity contribution in [3.05, 3.63) is 154 Å². The zero-order valence-electron chi connectivity index (χ0n) is 26.0. The fourth-order valence-electron chi connectivity index (χ4n) is 4.52. The normalized spacial score (nSPS) is 11.1. The number of thiophene rings is 1. The van der Waals surface area contributed by atoms with Crippen molar-refractivity contribution >= 4 is 69.1 Å². The highest BCUT2D eigenvalue weighted by Crippen LogP contribution is 2.29. The summed E-state index contributed by atoms with van der Waals surface area (Å²) in [6, 6.07) is 37.0. The van der Waals surface area contributed by atoms with Gasteiger partial charge in [-0.2, -0.15) is 0 Å². The molecule has 0 aliphatic carbocycles. The molecule has 0 atom stereocenters. The molecule has 0 aliphatic heterocycles. The second-order valence-corrected chi connectivity index (χ2v) is 13.4. The van der Waals surface area contributed by atoms with Gasteiger partial charge in [0.1, 0.15) is 18.1 Å².